The molecule has 1 aromatic carbocycles. The standard InChI is InChI=1S/C11H13BrN2O2/c12-9-3-1-7(2-4-9)8-5-10(6-8)14(16)11(13)15/h1-4,8,10,16H,5-6H2,(H2,13,15). The summed E-state index contributed by atoms with van der Waals surface area (Å²) in [6.07, 6.45) is 1.53. The molecule has 0 saturated heterocycles. The fourth-order valence-corrected chi connectivity index (χ4v) is 2.24. The van der Waals surface area contributed by atoms with Crippen LogP contribution in [0.2, 0.25) is 0 Å². The molecule has 0 unspecified atom stereocenters. The van der Waals surface area contributed by atoms with E-state index in [0.717, 1.165) is 17.3 Å². The second kappa shape index (κ2) is 4.43. The Balaban J connectivity index is 1.93. The number of primary amides is 1. The highest BCUT2D eigenvalue weighted by Gasteiger charge is 2.35. The molecule has 16 heavy (non-hydrogen) atoms. The summed E-state index contributed by atoms with van der Waals surface area (Å²) in [6.45, 7) is 0. The number of hydrogen-bond donors (Lipinski definition) is 2. The monoisotopic (exact) mass is 284 g/mol. The van der Waals surface area contributed by atoms with E-state index < -0.39 is 6.03 Å². The van der Waals surface area contributed by atoms with Gasteiger partial charge in [0.15, 0.2) is 0 Å². The third-order valence-electron chi connectivity index (χ3n) is 3.03. The lowest BCUT2D eigenvalue weighted by molar-refractivity contribution is -0.102. The molecule has 1 aliphatic rings. The predicted octanol–water partition coefficient (Wildman–Crippen LogP) is 2.47. The number of amides is 2. The lowest BCUT2D eigenvalue weighted by atomic mass is 9.76. The van der Waals surface area contributed by atoms with Crippen LogP contribution in [0, 0.1) is 0 Å². The van der Waals surface area contributed by atoms with Crippen LogP contribution >= 0.6 is 15.9 Å². The second-order valence-corrected chi connectivity index (χ2v) is 4.97. The molecule has 0 bridgehead atoms. The van der Waals surface area contributed by atoms with E-state index in [1.54, 1.807) is 0 Å². The van der Waals surface area contributed by atoms with Crippen molar-refractivity contribution in [3.8, 4) is 0 Å². The van der Waals surface area contributed by atoms with Crippen LogP contribution in [0.15, 0.2) is 28.7 Å². The van der Waals surface area contributed by atoms with Gasteiger partial charge in [0.2, 0.25) is 0 Å². The molecule has 4 nitrogen and oxygen atoms in total. The Kier molecular flexibility index (Phi) is 3.16. The van der Waals surface area contributed by atoms with Crippen molar-refractivity contribution < 1.29 is 10.0 Å². The molecule has 0 radical (unpaired) electrons. The molecule has 0 atom stereocenters. The van der Waals surface area contributed by atoms with Crippen molar-refractivity contribution in [2.24, 2.45) is 5.73 Å². The molecule has 86 valence electrons. The molecule has 3 N–H and O–H groups in total. The van der Waals surface area contributed by atoms with Gasteiger partial charge in [0.1, 0.15) is 0 Å². The minimum absolute atomic E-state index is 0.133. The maximum absolute atomic E-state index is 10.7. The van der Waals surface area contributed by atoms with Gasteiger partial charge in [-0.05, 0) is 36.5 Å². The Morgan fingerprint density at radius 1 is 1.38 bits per heavy atom. The highest BCUT2D eigenvalue weighted by atomic mass is 79.9. The number of nitrogens with two attached hydrogens (primary N) is 1. The van der Waals surface area contributed by atoms with Crippen LogP contribution in [0.3, 0.4) is 0 Å². The van der Waals surface area contributed by atoms with Gasteiger partial charge in [-0.2, -0.15) is 0 Å². The summed E-state index contributed by atoms with van der Waals surface area (Å²) in [5.74, 6) is 0.409. The number of hydrogen-bond acceptors (Lipinski definition) is 2. The van der Waals surface area contributed by atoms with Crippen molar-refractivity contribution in [1.29, 1.82) is 0 Å². The largest absolute Gasteiger partial charge is 0.350 e. The van der Waals surface area contributed by atoms with Gasteiger partial charge in [-0.3, -0.25) is 5.21 Å². The quantitative estimate of drug-likeness (QED) is 0.647. The molecule has 0 aromatic heterocycles. The molecule has 2 rings (SSSR count). The smallest absolute Gasteiger partial charge is 0.338 e. The molecule has 1 fully saturated rings. The molecular formula is C11H13BrN2O2. The molecular weight excluding hydrogens is 272 g/mol. The van der Waals surface area contributed by atoms with E-state index in [4.69, 9.17) is 5.73 Å². The van der Waals surface area contributed by atoms with Gasteiger partial charge in [-0.15, -0.1) is 0 Å². The van der Waals surface area contributed by atoms with Crippen LogP contribution < -0.4 is 5.73 Å². The predicted molar refractivity (Wildman–Crippen MR) is 63.1 cm³/mol. The zero-order chi connectivity index (χ0) is 11.7. The van der Waals surface area contributed by atoms with Crippen molar-refractivity contribution in [3.05, 3.63) is 34.3 Å². The van der Waals surface area contributed by atoms with Gasteiger partial charge in [0.05, 0.1) is 6.04 Å². The number of nitrogens with zero attached hydrogens (tertiary/aromatic N) is 1. The number of urea groups is 1. The molecule has 0 heterocycles. The van der Waals surface area contributed by atoms with Crippen molar-refractivity contribution >= 4 is 22.0 Å². The normalized spacial score (nSPS) is 23.6. The van der Waals surface area contributed by atoms with E-state index >= 15 is 0 Å². The van der Waals surface area contributed by atoms with Crippen molar-refractivity contribution in [1.82, 2.24) is 5.06 Å². The van der Waals surface area contributed by atoms with Crippen molar-refractivity contribution in [2.75, 3.05) is 0 Å². The fourth-order valence-electron chi connectivity index (χ4n) is 1.97. The van der Waals surface area contributed by atoms with Crippen LogP contribution in [-0.2, 0) is 0 Å². The highest BCUT2D eigenvalue weighted by molar-refractivity contribution is 9.10. The van der Waals surface area contributed by atoms with Crippen LogP contribution in [0.4, 0.5) is 4.79 Å². The average Bonchev–Trinajstić information content (AvgIpc) is 2.18. The van der Waals surface area contributed by atoms with E-state index in [1.807, 2.05) is 12.1 Å². The first kappa shape index (κ1) is 11.4. The summed E-state index contributed by atoms with van der Waals surface area (Å²) in [5.41, 5.74) is 6.21. The summed E-state index contributed by atoms with van der Waals surface area (Å²) in [4.78, 5) is 10.7. The maximum atomic E-state index is 10.7. The van der Waals surface area contributed by atoms with E-state index in [1.165, 1.54) is 5.56 Å². The summed E-state index contributed by atoms with van der Waals surface area (Å²) in [7, 11) is 0. The molecule has 0 spiro atoms. The first-order valence-corrected chi connectivity index (χ1v) is 5.90. The third kappa shape index (κ3) is 2.20. The first-order chi connectivity index (χ1) is 7.58. The number of carbonyl (C=O) groups is 1. The zero-order valence-corrected chi connectivity index (χ0v) is 10.2. The topological polar surface area (TPSA) is 66.6 Å². The van der Waals surface area contributed by atoms with E-state index in [2.05, 4.69) is 28.1 Å². The Morgan fingerprint density at radius 2 is 1.94 bits per heavy atom. The summed E-state index contributed by atoms with van der Waals surface area (Å²) in [5, 5.41) is 9.94. The van der Waals surface area contributed by atoms with Gasteiger partial charge >= 0.3 is 6.03 Å². The minimum Gasteiger partial charge on any atom is -0.350 e. The van der Waals surface area contributed by atoms with Crippen LogP contribution in [0.5, 0.6) is 0 Å². The van der Waals surface area contributed by atoms with Crippen molar-refractivity contribution in [3.63, 3.8) is 0 Å². The van der Waals surface area contributed by atoms with Crippen molar-refractivity contribution in [2.45, 2.75) is 24.8 Å². The molecule has 0 aliphatic heterocycles. The molecule has 1 aromatic rings. The Morgan fingerprint density at radius 3 is 2.44 bits per heavy atom. The number of rotatable bonds is 2. The van der Waals surface area contributed by atoms with E-state index in [9.17, 15) is 10.0 Å². The number of halogens is 1. The number of benzene rings is 1. The van der Waals surface area contributed by atoms with Gasteiger partial charge in [0, 0.05) is 4.47 Å². The van der Waals surface area contributed by atoms with Gasteiger partial charge in [-0.1, -0.05) is 28.1 Å². The fraction of sp³-hybridized carbons (Fsp3) is 0.364. The van der Waals surface area contributed by atoms with E-state index in [-0.39, 0.29) is 6.04 Å². The highest BCUT2D eigenvalue weighted by Crippen LogP contribution is 2.39. The van der Waals surface area contributed by atoms with Gasteiger partial charge in [-0.25, -0.2) is 9.86 Å². The lowest BCUT2D eigenvalue weighted by Gasteiger charge is -2.39. The van der Waals surface area contributed by atoms with Gasteiger partial charge in [0.25, 0.3) is 0 Å². The minimum atomic E-state index is -0.778. The molecule has 2 amide bonds. The summed E-state index contributed by atoms with van der Waals surface area (Å²) in [6, 6.07) is 7.18. The van der Waals surface area contributed by atoms with Crippen LogP contribution in [0.25, 0.3) is 0 Å². The summed E-state index contributed by atoms with van der Waals surface area (Å²) < 4.78 is 1.05. The number of hydroxylamine groups is 2. The number of carbonyl (C=O) groups excluding carboxylic acids is 1. The lowest BCUT2D eigenvalue weighted by Crippen LogP contribution is -2.47. The van der Waals surface area contributed by atoms with Crippen LogP contribution in [0.1, 0.15) is 24.3 Å². The Labute approximate surface area is 102 Å². The van der Waals surface area contributed by atoms with E-state index in [0.29, 0.717) is 11.0 Å². The average molecular weight is 285 g/mol. The van der Waals surface area contributed by atoms with Crippen LogP contribution in [-0.4, -0.2) is 22.3 Å². The second-order valence-electron chi connectivity index (χ2n) is 4.06. The first-order valence-electron chi connectivity index (χ1n) is 5.11. The SMILES string of the molecule is NC(=O)N(O)C1CC(c2ccc(Br)cc2)C1. The third-order valence-corrected chi connectivity index (χ3v) is 3.55. The Hall–Kier alpha value is -1.07. The Bertz CT molecular complexity index is 387. The summed E-state index contributed by atoms with van der Waals surface area (Å²) >= 11 is 3.38. The maximum Gasteiger partial charge on any atom is 0.338 e. The molecule has 1 saturated carbocycles. The molecule has 1 aliphatic carbocycles. The molecule has 5 heteroatoms. The van der Waals surface area contributed by atoms with Gasteiger partial charge < -0.3 is 5.73 Å². The zero-order valence-electron chi connectivity index (χ0n) is 8.64.